The van der Waals surface area contributed by atoms with Crippen LogP contribution in [0.2, 0.25) is 0 Å². The maximum atomic E-state index is 10.7. The Morgan fingerprint density at radius 2 is 2.04 bits per heavy atom. The Bertz CT molecular complexity index is 623. The largest absolute Gasteiger partial charge is 0.494 e. The van der Waals surface area contributed by atoms with Gasteiger partial charge in [-0.1, -0.05) is 50.8 Å². The fraction of sp³-hybridized carbons (Fsp3) is 0.381. The fourth-order valence-corrected chi connectivity index (χ4v) is 1.61. The standard InChI is InChI=1S/C10H16O.C9H11N3O2.C2H6/c1-4-7-8-10(6-3)11-9-5-2;1-10-11-12(2)8-5-3-4-7(6-8)9(13)14;1-2/h4,6-8H,3,5,9H2,1-2H3;3-6H,1-2H3,(H,13,14);1-2H3/b7-4+,10-8+;;. The van der Waals surface area contributed by atoms with E-state index in [1.165, 1.54) is 17.1 Å². The lowest BCUT2D eigenvalue weighted by Gasteiger charge is -2.10. The summed E-state index contributed by atoms with van der Waals surface area (Å²) in [6, 6.07) is 6.50. The number of aromatic carboxylic acids is 1. The second kappa shape index (κ2) is 17.9. The molecule has 0 aliphatic rings. The van der Waals surface area contributed by atoms with Crippen LogP contribution in [0.1, 0.15) is 44.5 Å². The van der Waals surface area contributed by atoms with Crippen molar-refractivity contribution in [3.05, 3.63) is 66.5 Å². The van der Waals surface area contributed by atoms with Crippen molar-refractivity contribution < 1.29 is 14.6 Å². The number of benzene rings is 1. The molecule has 0 aliphatic carbocycles. The number of anilines is 1. The van der Waals surface area contributed by atoms with Crippen LogP contribution in [0.25, 0.3) is 0 Å². The van der Waals surface area contributed by atoms with Gasteiger partial charge in [-0.15, -0.1) is 0 Å². The quantitative estimate of drug-likeness (QED) is 0.265. The first-order valence-corrected chi connectivity index (χ1v) is 8.95. The van der Waals surface area contributed by atoms with Crippen molar-refractivity contribution in [1.29, 1.82) is 0 Å². The van der Waals surface area contributed by atoms with Crippen LogP contribution < -0.4 is 5.01 Å². The molecule has 0 atom stereocenters. The summed E-state index contributed by atoms with van der Waals surface area (Å²) in [5.74, 6) is -0.112. The molecule has 0 fully saturated rings. The molecule has 6 nitrogen and oxygen atoms in total. The Kier molecular flexibility index (Phi) is 17.5. The van der Waals surface area contributed by atoms with Crippen molar-refractivity contribution in [2.24, 2.45) is 10.3 Å². The van der Waals surface area contributed by atoms with Gasteiger partial charge in [-0.2, -0.15) is 5.11 Å². The topological polar surface area (TPSA) is 74.5 Å². The smallest absolute Gasteiger partial charge is 0.335 e. The average Bonchev–Trinajstić information content (AvgIpc) is 2.70. The molecule has 1 N–H and O–H groups in total. The predicted octanol–water partition coefficient (Wildman–Crippen LogP) is 5.90. The maximum Gasteiger partial charge on any atom is 0.335 e. The highest BCUT2D eigenvalue weighted by atomic mass is 16.5. The molecule has 1 rings (SSSR count). The van der Waals surface area contributed by atoms with Gasteiger partial charge in [0.15, 0.2) is 0 Å². The monoisotopic (exact) mass is 375 g/mol. The first-order chi connectivity index (χ1) is 13.0. The Balaban J connectivity index is 0. The van der Waals surface area contributed by atoms with E-state index in [4.69, 9.17) is 9.84 Å². The minimum Gasteiger partial charge on any atom is -0.494 e. The third kappa shape index (κ3) is 13.0. The molecule has 27 heavy (non-hydrogen) atoms. The average molecular weight is 376 g/mol. The second-order valence-corrected chi connectivity index (χ2v) is 4.82. The van der Waals surface area contributed by atoms with Gasteiger partial charge in [-0.05, 0) is 43.7 Å². The van der Waals surface area contributed by atoms with E-state index in [1.54, 1.807) is 32.3 Å². The van der Waals surface area contributed by atoms with Gasteiger partial charge in [0.2, 0.25) is 0 Å². The van der Waals surface area contributed by atoms with Crippen molar-refractivity contribution in [2.45, 2.75) is 34.1 Å². The van der Waals surface area contributed by atoms with Crippen LogP contribution in [0.3, 0.4) is 0 Å². The van der Waals surface area contributed by atoms with Crippen molar-refractivity contribution >= 4 is 11.7 Å². The van der Waals surface area contributed by atoms with Crippen LogP contribution in [0.5, 0.6) is 0 Å². The summed E-state index contributed by atoms with van der Waals surface area (Å²) < 4.78 is 5.33. The summed E-state index contributed by atoms with van der Waals surface area (Å²) in [6.45, 7) is 12.4. The lowest BCUT2D eigenvalue weighted by molar-refractivity contribution is 0.0697. The highest BCUT2D eigenvalue weighted by Crippen LogP contribution is 2.15. The highest BCUT2D eigenvalue weighted by molar-refractivity contribution is 5.88. The minimum absolute atomic E-state index is 0.237. The molecule has 0 saturated heterocycles. The molecule has 0 bridgehead atoms. The number of allylic oxidation sites excluding steroid dienone is 4. The number of carbonyl (C=O) groups is 1. The molecular weight excluding hydrogens is 342 g/mol. The van der Waals surface area contributed by atoms with Crippen LogP contribution in [0, 0.1) is 0 Å². The normalized spacial score (nSPS) is 10.5. The zero-order chi connectivity index (χ0) is 21.1. The molecule has 0 unspecified atom stereocenters. The van der Waals surface area contributed by atoms with E-state index in [0.717, 1.165) is 18.8 Å². The fourth-order valence-electron chi connectivity index (χ4n) is 1.61. The molecule has 6 heteroatoms. The van der Waals surface area contributed by atoms with Gasteiger partial charge in [-0.3, -0.25) is 5.01 Å². The summed E-state index contributed by atoms with van der Waals surface area (Å²) in [6.07, 6.45) is 8.55. The lowest BCUT2D eigenvalue weighted by Crippen LogP contribution is -2.08. The first-order valence-electron chi connectivity index (χ1n) is 8.95. The Hall–Kier alpha value is -2.89. The summed E-state index contributed by atoms with van der Waals surface area (Å²) in [7, 11) is 3.26. The first kappa shape index (κ1) is 26.3. The van der Waals surface area contributed by atoms with Crippen molar-refractivity contribution in [1.82, 2.24) is 0 Å². The number of carboxylic acid groups (broad SMARTS) is 1. The van der Waals surface area contributed by atoms with Crippen LogP contribution in [0.4, 0.5) is 5.69 Å². The van der Waals surface area contributed by atoms with Gasteiger partial charge in [-0.25, -0.2) is 4.79 Å². The Morgan fingerprint density at radius 3 is 2.52 bits per heavy atom. The molecule has 1 aromatic rings. The maximum absolute atomic E-state index is 10.7. The van der Waals surface area contributed by atoms with E-state index in [1.807, 2.05) is 39.0 Å². The summed E-state index contributed by atoms with van der Waals surface area (Å²) in [5, 5.41) is 17.6. The van der Waals surface area contributed by atoms with E-state index >= 15 is 0 Å². The van der Waals surface area contributed by atoms with Gasteiger partial charge in [0, 0.05) is 7.05 Å². The summed E-state index contributed by atoms with van der Waals surface area (Å²) >= 11 is 0. The summed E-state index contributed by atoms with van der Waals surface area (Å²) in [4.78, 5) is 10.7. The lowest BCUT2D eigenvalue weighted by atomic mass is 10.2. The second-order valence-electron chi connectivity index (χ2n) is 4.82. The SMILES string of the molecule is C=C/C(=C\C=C\C)OCCC.CC.CN=NN(C)c1cccc(C(=O)O)c1. The molecule has 0 amide bonds. The summed E-state index contributed by atoms with van der Waals surface area (Å²) in [5.41, 5.74) is 0.927. The number of hydrogen-bond acceptors (Lipinski definition) is 4. The molecular formula is C21H33N3O3. The van der Waals surface area contributed by atoms with Gasteiger partial charge in [0.25, 0.3) is 0 Å². The van der Waals surface area contributed by atoms with Crippen LogP contribution >= 0.6 is 0 Å². The molecule has 0 aromatic heterocycles. The highest BCUT2D eigenvalue weighted by Gasteiger charge is 2.05. The van der Waals surface area contributed by atoms with E-state index in [-0.39, 0.29) is 5.56 Å². The van der Waals surface area contributed by atoms with Gasteiger partial charge < -0.3 is 9.84 Å². The molecule has 0 radical (unpaired) electrons. The molecule has 0 spiro atoms. The number of rotatable bonds is 8. The van der Waals surface area contributed by atoms with E-state index in [0.29, 0.717) is 5.69 Å². The van der Waals surface area contributed by atoms with Gasteiger partial charge >= 0.3 is 5.97 Å². The molecule has 1 aromatic carbocycles. The van der Waals surface area contributed by atoms with Crippen LogP contribution in [-0.4, -0.2) is 31.8 Å². The predicted molar refractivity (Wildman–Crippen MR) is 113 cm³/mol. The van der Waals surface area contributed by atoms with Gasteiger partial charge in [0.05, 0.1) is 24.9 Å². The Morgan fingerprint density at radius 1 is 1.37 bits per heavy atom. The number of ether oxygens (including phenoxy) is 1. The number of nitrogens with zero attached hydrogens (tertiary/aromatic N) is 3. The molecule has 0 saturated carbocycles. The van der Waals surface area contributed by atoms with Crippen LogP contribution in [-0.2, 0) is 4.74 Å². The third-order valence-corrected chi connectivity index (χ3v) is 2.82. The van der Waals surface area contributed by atoms with Crippen molar-refractivity contribution in [2.75, 3.05) is 25.7 Å². The van der Waals surface area contributed by atoms with Crippen LogP contribution in [0.15, 0.2) is 71.2 Å². The van der Waals surface area contributed by atoms with E-state index < -0.39 is 5.97 Å². The van der Waals surface area contributed by atoms with Gasteiger partial charge in [0.1, 0.15) is 5.76 Å². The van der Waals surface area contributed by atoms with Crippen molar-refractivity contribution in [3.8, 4) is 0 Å². The Labute approximate surface area is 163 Å². The van der Waals surface area contributed by atoms with E-state index in [2.05, 4.69) is 23.8 Å². The zero-order valence-electron chi connectivity index (χ0n) is 17.3. The number of hydrogen-bond donors (Lipinski definition) is 1. The molecule has 0 aliphatic heterocycles. The molecule has 150 valence electrons. The van der Waals surface area contributed by atoms with E-state index in [9.17, 15) is 4.79 Å². The number of carboxylic acids is 1. The molecule has 0 heterocycles. The third-order valence-electron chi connectivity index (χ3n) is 2.82. The van der Waals surface area contributed by atoms with Crippen molar-refractivity contribution in [3.63, 3.8) is 0 Å². The minimum atomic E-state index is -0.950. The zero-order valence-corrected chi connectivity index (χ0v) is 17.3.